The van der Waals surface area contributed by atoms with E-state index in [1.54, 1.807) is 0 Å². The zero-order chi connectivity index (χ0) is 15.2. The Hall–Kier alpha value is -3.13. The van der Waals surface area contributed by atoms with Gasteiger partial charge in [-0.1, -0.05) is 48.5 Å². The molecule has 0 unspecified atom stereocenters. The van der Waals surface area contributed by atoms with E-state index in [0.29, 0.717) is 0 Å². The van der Waals surface area contributed by atoms with Gasteiger partial charge in [0.1, 0.15) is 0 Å². The minimum Gasteiger partial charge on any atom is -0.308 e. The van der Waals surface area contributed by atoms with Crippen LogP contribution >= 0.6 is 0 Å². The molecule has 0 aliphatic rings. The lowest BCUT2D eigenvalue weighted by atomic mass is 10.1. The van der Waals surface area contributed by atoms with E-state index in [0.717, 1.165) is 16.7 Å². The Labute approximate surface area is 133 Å². The van der Waals surface area contributed by atoms with Crippen LogP contribution in [0.3, 0.4) is 0 Å². The van der Waals surface area contributed by atoms with Crippen LogP contribution in [0.25, 0.3) is 38.4 Å². The highest BCUT2D eigenvalue weighted by atomic mass is 15.0. The highest BCUT2D eigenvalue weighted by molar-refractivity contribution is 6.19. The van der Waals surface area contributed by atoms with Crippen molar-refractivity contribution < 1.29 is 0 Å². The van der Waals surface area contributed by atoms with Crippen LogP contribution in [0.5, 0.6) is 0 Å². The Bertz CT molecular complexity index is 1150. The van der Waals surface area contributed by atoms with E-state index >= 15 is 0 Å². The molecule has 2 nitrogen and oxygen atoms in total. The second kappa shape index (κ2) is 4.68. The molecule has 0 bridgehead atoms. The second-order valence-corrected chi connectivity index (χ2v) is 5.72. The van der Waals surface area contributed by atoms with Gasteiger partial charge in [0.05, 0.1) is 16.6 Å². The molecule has 0 aliphatic carbocycles. The molecule has 0 N–H and O–H groups in total. The Morgan fingerprint density at radius 1 is 0.652 bits per heavy atom. The standard InChI is InChI=1S/C21H14N2/c1-2-8-16(9-3-1)23-18-13-12-15-7-4-5-10-17(15)20(18)21-19(23)11-6-14-22-21/h1-14H. The molecule has 108 valence electrons. The van der Waals surface area contributed by atoms with Crippen LogP contribution in [0.1, 0.15) is 0 Å². The van der Waals surface area contributed by atoms with E-state index in [1.807, 2.05) is 18.3 Å². The maximum absolute atomic E-state index is 4.68. The van der Waals surface area contributed by atoms with Gasteiger partial charge in [-0.2, -0.15) is 0 Å². The van der Waals surface area contributed by atoms with Crippen molar-refractivity contribution in [2.45, 2.75) is 0 Å². The van der Waals surface area contributed by atoms with Gasteiger partial charge >= 0.3 is 0 Å². The van der Waals surface area contributed by atoms with Crippen LogP contribution in [-0.2, 0) is 0 Å². The normalized spacial score (nSPS) is 11.5. The van der Waals surface area contributed by atoms with Crippen LogP contribution in [0.2, 0.25) is 0 Å². The molecule has 5 rings (SSSR count). The first-order valence-electron chi connectivity index (χ1n) is 7.76. The van der Waals surface area contributed by atoms with Crippen molar-refractivity contribution in [3.05, 3.63) is 85.1 Å². The number of benzene rings is 3. The van der Waals surface area contributed by atoms with Crippen molar-refractivity contribution in [1.82, 2.24) is 9.55 Å². The molecule has 0 aliphatic heterocycles. The summed E-state index contributed by atoms with van der Waals surface area (Å²) >= 11 is 0. The molecule has 2 heterocycles. The maximum atomic E-state index is 4.68. The second-order valence-electron chi connectivity index (χ2n) is 5.72. The number of aromatic nitrogens is 2. The summed E-state index contributed by atoms with van der Waals surface area (Å²) < 4.78 is 2.30. The molecular weight excluding hydrogens is 280 g/mol. The number of fused-ring (bicyclic) bond motifs is 5. The third-order valence-corrected chi connectivity index (χ3v) is 4.43. The quantitative estimate of drug-likeness (QED) is 0.408. The summed E-state index contributed by atoms with van der Waals surface area (Å²) in [5.74, 6) is 0. The summed E-state index contributed by atoms with van der Waals surface area (Å²) in [6.45, 7) is 0. The lowest BCUT2D eigenvalue weighted by Gasteiger charge is -2.07. The number of para-hydroxylation sites is 1. The lowest BCUT2D eigenvalue weighted by molar-refractivity contribution is 1.18. The van der Waals surface area contributed by atoms with Crippen LogP contribution < -0.4 is 0 Å². The molecule has 0 radical (unpaired) electrons. The summed E-state index contributed by atoms with van der Waals surface area (Å²) in [6, 6.07) is 27.5. The Balaban J connectivity index is 2.07. The van der Waals surface area contributed by atoms with Gasteiger partial charge in [-0.05, 0) is 41.1 Å². The monoisotopic (exact) mass is 294 g/mol. The van der Waals surface area contributed by atoms with Gasteiger partial charge in [-0.15, -0.1) is 0 Å². The lowest BCUT2D eigenvalue weighted by Crippen LogP contribution is -1.92. The van der Waals surface area contributed by atoms with Crippen molar-refractivity contribution >= 4 is 32.7 Å². The summed E-state index contributed by atoms with van der Waals surface area (Å²) in [6.07, 6.45) is 1.87. The predicted molar refractivity (Wildman–Crippen MR) is 96.1 cm³/mol. The number of hydrogen-bond acceptors (Lipinski definition) is 1. The SMILES string of the molecule is c1ccc(-n2c3cccnc3c3c4ccccc4ccc32)cc1. The van der Waals surface area contributed by atoms with Crippen molar-refractivity contribution in [3.63, 3.8) is 0 Å². The molecule has 3 aromatic carbocycles. The molecule has 0 fully saturated rings. The van der Waals surface area contributed by atoms with Gasteiger partial charge in [0.2, 0.25) is 0 Å². The summed E-state index contributed by atoms with van der Waals surface area (Å²) in [5.41, 5.74) is 4.56. The zero-order valence-corrected chi connectivity index (χ0v) is 12.5. The van der Waals surface area contributed by atoms with Crippen LogP contribution in [0.15, 0.2) is 85.1 Å². The largest absolute Gasteiger partial charge is 0.308 e. The summed E-state index contributed by atoms with van der Waals surface area (Å²) in [5, 5.41) is 3.73. The zero-order valence-electron chi connectivity index (χ0n) is 12.5. The highest BCUT2D eigenvalue weighted by Gasteiger charge is 2.14. The molecular formula is C21H14N2. The van der Waals surface area contributed by atoms with Crippen LogP contribution in [0.4, 0.5) is 0 Å². The first-order chi connectivity index (χ1) is 11.4. The Kier molecular flexibility index (Phi) is 2.53. The third-order valence-electron chi connectivity index (χ3n) is 4.43. The minimum atomic E-state index is 1.06. The molecule has 0 saturated heterocycles. The van der Waals surface area contributed by atoms with E-state index in [1.165, 1.54) is 21.7 Å². The maximum Gasteiger partial charge on any atom is 0.0969 e. The summed E-state index contributed by atoms with van der Waals surface area (Å²) in [4.78, 5) is 4.68. The van der Waals surface area contributed by atoms with Crippen LogP contribution in [-0.4, -0.2) is 9.55 Å². The van der Waals surface area contributed by atoms with Gasteiger partial charge in [0.15, 0.2) is 0 Å². The number of hydrogen-bond donors (Lipinski definition) is 0. The van der Waals surface area contributed by atoms with E-state index in [-0.39, 0.29) is 0 Å². The number of nitrogens with zero attached hydrogens (tertiary/aromatic N) is 2. The summed E-state index contributed by atoms with van der Waals surface area (Å²) in [7, 11) is 0. The molecule has 5 aromatic rings. The highest BCUT2D eigenvalue weighted by Crippen LogP contribution is 2.35. The smallest absolute Gasteiger partial charge is 0.0969 e. The predicted octanol–water partition coefficient (Wildman–Crippen LogP) is 5.33. The van der Waals surface area contributed by atoms with Crippen LogP contribution in [0, 0.1) is 0 Å². The average Bonchev–Trinajstić information content (AvgIpc) is 2.97. The first-order valence-corrected chi connectivity index (χ1v) is 7.76. The molecule has 2 aromatic heterocycles. The number of rotatable bonds is 1. The van der Waals surface area contributed by atoms with Crippen molar-refractivity contribution in [3.8, 4) is 5.69 Å². The molecule has 0 saturated carbocycles. The van der Waals surface area contributed by atoms with E-state index in [9.17, 15) is 0 Å². The fourth-order valence-corrected chi connectivity index (χ4v) is 3.45. The van der Waals surface area contributed by atoms with E-state index < -0.39 is 0 Å². The van der Waals surface area contributed by atoms with Gasteiger partial charge in [-0.3, -0.25) is 4.98 Å². The van der Waals surface area contributed by atoms with Gasteiger partial charge in [-0.25, -0.2) is 0 Å². The molecule has 0 amide bonds. The van der Waals surface area contributed by atoms with Crippen molar-refractivity contribution in [2.75, 3.05) is 0 Å². The van der Waals surface area contributed by atoms with Crippen molar-refractivity contribution in [1.29, 1.82) is 0 Å². The van der Waals surface area contributed by atoms with Gasteiger partial charge in [0.25, 0.3) is 0 Å². The first kappa shape index (κ1) is 12.4. The fraction of sp³-hybridized carbons (Fsp3) is 0. The fourth-order valence-electron chi connectivity index (χ4n) is 3.45. The molecule has 0 atom stereocenters. The minimum absolute atomic E-state index is 1.06. The average molecular weight is 294 g/mol. The van der Waals surface area contributed by atoms with E-state index in [2.05, 4.69) is 76.3 Å². The van der Waals surface area contributed by atoms with Gasteiger partial charge in [0, 0.05) is 17.3 Å². The molecule has 23 heavy (non-hydrogen) atoms. The van der Waals surface area contributed by atoms with Gasteiger partial charge < -0.3 is 4.57 Å². The molecule has 0 spiro atoms. The number of pyridine rings is 1. The Morgan fingerprint density at radius 2 is 1.48 bits per heavy atom. The Morgan fingerprint density at radius 3 is 2.39 bits per heavy atom. The van der Waals surface area contributed by atoms with E-state index in [4.69, 9.17) is 0 Å². The van der Waals surface area contributed by atoms with Crippen molar-refractivity contribution in [2.24, 2.45) is 0 Å². The molecule has 2 heteroatoms. The third kappa shape index (κ3) is 1.72. The topological polar surface area (TPSA) is 17.8 Å².